The Morgan fingerprint density at radius 2 is 1.65 bits per heavy atom. The Hall–Kier alpha value is -4.28. The van der Waals surface area contributed by atoms with Crippen LogP contribution in [0, 0.1) is 11.8 Å². The van der Waals surface area contributed by atoms with E-state index in [2.05, 4.69) is 28.1 Å². The highest BCUT2D eigenvalue weighted by molar-refractivity contribution is 5.79. The predicted octanol–water partition coefficient (Wildman–Crippen LogP) is 6.65. The van der Waals surface area contributed by atoms with E-state index in [0.29, 0.717) is 18.4 Å². The minimum Gasteiger partial charge on any atom is -0.497 e. The third-order valence-electron chi connectivity index (χ3n) is 7.75. The summed E-state index contributed by atoms with van der Waals surface area (Å²) in [5.41, 5.74) is 4.63. The Balaban J connectivity index is 0.000000541. The fourth-order valence-electron chi connectivity index (χ4n) is 5.31. The van der Waals surface area contributed by atoms with E-state index >= 15 is 0 Å². The molecule has 43 heavy (non-hydrogen) atoms. The van der Waals surface area contributed by atoms with E-state index in [4.69, 9.17) is 19.4 Å². The van der Waals surface area contributed by atoms with Crippen LogP contribution in [0.1, 0.15) is 43.6 Å². The van der Waals surface area contributed by atoms with Crippen molar-refractivity contribution in [3.8, 4) is 22.6 Å². The molecule has 3 aromatic rings. The molecule has 0 radical (unpaired) electrons. The number of carbonyl (C=O) groups is 2. The SMILES string of the molecule is COc1ccc(-c2ccncc2)c(N2CCC(COc3cccc([C@@H](CC(=O)O)C4CC4)c3)CC2)c1.O=C(O)C(F)(F)F. The van der Waals surface area contributed by atoms with Crippen molar-refractivity contribution in [2.45, 2.75) is 44.2 Å². The van der Waals surface area contributed by atoms with Crippen LogP contribution in [-0.4, -0.2) is 60.1 Å². The van der Waals surface area contributed by atoms with E-state index in [1.807, 2.05) is 48.8 Å². The number of benzene rings is 2. The quantitative estimate of drug-likeness (QED) is 0.266. The Bertz CT molecular complexity index is 1370. The van der Waals surface area contributed by atoms with Gasteiger partial charge in [0.15, 0.2) is 0 Å². The Morgan fingerprint density at radius 1 is 0.977 bits per heavy atom. The smallest absolute Gasteiger partial charge is 0.490 e. The van der Waals surface area contributed by atoms with E-state index in [1.54, 1.807) is 7.11 Å². The summed E-state index contributed by atoms with van der Waals surface area (Å²) < 4.78 is 43.5. The second kappa shape index (κ2) is 14.3. The number of ether oxygens (including phenoxy) is 2. The molecule has 1 aromatic heterocycles. The van der Waals surface area contributed by atoms with Gasteiger partial charge in [0.1, 0.15) is 11.5 Å². The summed E-state index contributed by atoms with van der Waals surface area (Å²) in [5, 5.41) is 16.5. The van der Waals surface area contributed by atoms with Crippen molar-refractivity contribution in [3.63, 3.8) is 0 Å². The molecule has 1 saturated carbocycles. The number of aromatic nitrogens is 1. The van der Waals surface area contributed by atoms with Crippen LogP contribution in [0.15, 0.2) is 67.0 Å². The van der Waals surface area contributed by atoms with Gasteiger partial charge in [-0.2, -0.15) is 13.2 Å². The topological polar surface area (TPSA) is 109 Å². The number of halogens is 3. The summed E-state index contributed by atoms with van der Waals surface area (Å²) in [5.74, 6) is -0.709. The number of anilines is 1. The lowest BCUT2D eigenvalue weighted by atomic mass is 9.91. The summed E-state index contributed by atoms with van der Waals surface area (Å²) >= 11 is 0. The third kappa shape index (κ3) is 9.10. The molecule has 1 aliphatic heterocycles. The number of nitrogens with zero attached hydrogens (tertiary/aromatic N) is 2. The highest BCUT2D eigenvalue weighted by atomic mass is 19.4. The summed E-state index contributed by atoms with van der Waals surface area (Å²) in [7, 11) is 1.71. The highest BCUT2D eigenvalue weighted by Gasteiger charge is 2.38. The van der Waals surface area contributed by atoms with Gasteiger partial charge in [-0.1, -0.05) is 12.1 Å². The highest BCUT2D eigenvalue weighted by Crippen LogP contribution is 2.45. The molecule has 1 saturated heterocycles. The summed E-state index contributed by atoms with van der Waals surface area (Å²) in [6.07, 6.45) is 3.12. The largest absolute Gasteiger partial charge is 0.497 e. The number of hydrogen-bond acceptors (Lipinski definition) is 6. The van der Waals surface area contributed by atoms with Crippen molar-refractivity contribution < 1.29 is 42.4 Å². The van der Waals surface area contributed by atoms with Crippen LogP contribution in [0.5, 0.6) is 11.5 Å². The number of pyridine rings is 1. The van der Waals surface area contributed by atoms with Crippen LogP contribution in [0.25, 0.3) is 11.1 Å². The molecule has 11 heteroatoms. The lowest BCUT2D eigenvalue weighted by Gasteiger charge is -2.35. The minimum atomic E-state index is -5.08. The van der Waals surface area contributed by atoms with Gasteiger partial charge in [0.2, 0.25) is 0 Å². The van der Waals surface area contributed by atoms with Crippen LogP contribution in [0.4, 0.5) is 18.9 Å². The normalized spacial score (nSPS) is 16.0. The first kappa shape index (κ1) is 31.7. The van der Waals surface area contributed by atoms with Crippen molar-refractivity contribution in [1.29, 1.82) is 0 Å². The molecule has 2 fully saturated rings. The fraction of sp³-hybridized carbons (Fsp3) is 0.406. The van der Waals surface area contributed by atoms with Crippen molar-refractivity contribution in [1.82, 2.24) is 4.98 Å². The maximum atomic E-state index is 11.4. The van der Waals surface area contributed by atoms with Crippen molar-refractivity contribution in [3.05, 3.63) is 72.6 Å². The van der Waals surface area contributed by atoms with Crippen molar-refractivity contribution in [2.24, 2.45) is 11.8 Å². The molecular weight excluding hydrogens is 565 g/mol. The molecule has 0 bridgehead atoms. The first-order chi connectivity index (χ1) is 20.5. The monoisotopic (exact) mass is 600 g/mol. The van der Waals surface area contributed by atoms with Gasteiger partial charge in [0.25, 0.3) is 0 Å². The molecule has 0 amide bonds. The molecule has 2 N–H and O–H groups in total. The summed E-state index contributed by atoms with van der Waals surface area (Å²) in [6.45, 7) is 2.60. The van der Waals surface area contributed by atoms with E-state index in [9.17, 15) is 23.1 Å². The maximum Gasteiger partial charge on any atom is 0.490 e. The molecule has 230 valence electrons. The zero-order chi connectivity index (χ0) is 31.0. The van der Waals surface area contributed by atoms with Crippen LogP contribution >= 0.6 is 0 Å². The number of carboxylic acid groups (broad SMARTS) is 2. The molecule has 2 aromatic carbocycles. The molecule has 1 atom stereocenters. The molecule has 0 unspecified atom stereocenters. The van der Waals surface area contributed by atoms with Gasteiger partial charge in [-0.3, -0.25) is 9.78 Å². The Labute approximate surface area is 248 Å². The number of carboxylic acids is 2. The fourth-order valence-corrected chi connectivity index (χ4v) is 5.31. The Kier molecular flexibility index (Phi) is 10.5. The first-order valence-corrected chi connectivity index (χ1v) is 14.1. The van der Waals surface area contributed by atoms with Gasteiger partial charge in [0, 0.05) is 42.8 Å². The van der Waals surface area contributed by atoms with E-state index in [1.165, 1.54) is 11.3 Å². The molecule has 2 heterocycles. The summed E-state index contributed by atoms with van der Waals surface area (Å²) in [6, 6.07) is 18.4. The van der Waals surface area contributed by atoms with Crippen molar-refractivity contribution >= 4 is 17.6 Å². The molecule has 1 aliphatic carbocycles. The zero-order valence-corrected chi connectivity index (χ0v) is 23.8. The maximum absolute atomic E-state index is 11.4. The lowest BCUT2D eigenvalue weighted by molar-refractivity contribution is -0.192. The minimum absolute atomic E-state index is 0.0896. The van der Waals surface area contributed by atoms with Gasteiger partial charge in [0.05, 0.1) is 20.1 Å². The van der Waals surface area contributed by atoms with Gasteiger partial charge in [-0.25, -0.2) is 4.79 Å². The lowest BCUT2D eigenvalue weighted by Crippen LogP contribution is -2.35. The van der Waals surface area contributed by atoms with Gasteiger partial charge >= 0.3 is 18.1 Å². The zero-order valence-electron chi connectivity index (χ0n) is 23.8. The second-order valence-electron chi connectivity index (χ2n) is 10.8. The molecule has 2 aliphatic rings. The average molecular weight is 601 g/mol. The van der Waals surface area contributed by atoms with Crippen LogP contribution in [0.2, 0.25) is 0 Å². The van der Waals surface area contributed by atoms with E-state index in [-0.39, 0.29) is 12.3 Å². The number of alkyl halides is 3. The number of methoxy groups -OCH3 is 1. The van der Waals surface area contributed by atoms with Gasteiger partial charge < -0.3 is 24.6 Å². The van der Waals surface area contributed by atoms with Gasteiger partial charge in [-0.05, 0) is 91.0 Å². The van der Waals surface area contributed by atoms with E-state index in [0.717, 1.165) is 61.4 Å². The summed E-state index contributed by atoms with van der Waals surface area (Å²) in [4.78, 5) is 26.9. The average Bonchev–Trinajstić information content (AvgIpc) is 3.85. The van der Waals surface area contributed by atoms with Gasteiger partial charge in [-0.15, -0.1) is 0 Å². The van der Waals surface area contributed by atoms with Crippen LogP contribution in [0.3, 0.4) is 0 Å². The standard InChI is InChI=1S/C30H34N2O4.C2HF3O2/c1-35-25-7-8-27(23-9-13-31-14-10-23)29(18-25)32-15-11-21(12-16-32)20-36-26-4-2-3-24(17-26)28(19-30(33)34)22-5-6-22;3-2(4,5)1(6)7/h2-4,7-10,13-14,17-18,21-22,28H,5-6,11-12,15-16,19-20H2,1H3,(H,33,34);(H,6,7)/t28-;/m0./s1. The van der Waals surface area contributed by atoms with Crippen LogP contribution < -0.4 is 14.4 Å². The second-order valence-corrected chi connectivity index (χ2v) is 10.8. The first-order valence-electron chi connectivity index (χ1n) is 14.1. The molecular formula is C32H35F3N2O6. The predicted molar refractivity (Wildman–Crippen MR) is 155 cm³/mol. The molecule has 0 spiro atoms. The number of rotatable bonds is 10. The molecule has 8 nitrogen and oxygen atoms in total. The van der Waals surface area contributed by atoms with Crippen molar-refractivity contribution in [2.75, 3.05) is 31.7 Å². The molecule has 5 rings (SSSR count). The van der Waals surface area contributed by atoms with Crippen LogP contribution in [-0.2, 0) is 9.59 Å². The number of hydrogen-bond donors (Lipinski definition) is 2. The number of aliphatic carboxylic acids is 2. The number of piperidine rings is 1. The Morgan fingerprint density at radius 3 is 2.23 bits per heavy atom. The van der Waals surface area contributed by atoms with E-state index < -0.39 is 18.1 Å². The third-order valence-corrected chi connectivity index (χ3v) is 7.75.